The van der Waals surface area contributed by atoms with Crippen LogP contribution in [0, 0.1) is 5.82 Å². The smallest absolute Gasteiger partial charge is 0.339 e. The summed E-state index contributed by atoms with van der Waals surface area (Å²) in [5.41, 5.74) is 0.354. The molecule has 0 N–H and O–H groups in total. The van der Waals surface area contributed by atoms with Crippen LogP contribution in [0.2, 0.25) is 15.1 Å². The summed E-state index contributed by atoms with van der Waals surface area (Å²) in [4.78, 5) is 26.3. The second-order valence-corrected chi connectivity index (χ2v) is 11.5. The van der Waals surface area contributed by atoms with E-state index in [4.69, 9.17) is 43.7 Å². The van der Waals surface area contributed by atoms with Crippen LogP contribution in [0.15, 0.2) is 64.4 Å². The normalized spacial score (nSPS) is 14.9. The number of carbonyl (C=O) groups excluding carboxylic acids is 2. The van der Waals surface area contributed by atoms with Crippen LogP contribution in [-0.4, -0.2) is 31.1 Å². The van der Waals surface area contributed by atoms with E-state index in [-0.39, 0.29) is 50.1 Å². The Hall–Kier alpha value is -2.76. The molecule has 0 unspecified atom stereocenters. The molecule has 0 saturated carbocycles. The fourth-order valence-corrected chi connectivity index (χ4v) is 5.85. The molecule has 3 aromatic rings. The molecular formula is C25H17Cl3FNO6S2. The van der Waals surface area contributed by atoms with Crippen LogP contribution >= 0.6 is 46.6 Å². The fourth-order valence-electron chi connectivity index (χ4n) is 3.40. The van der Waals surface area contributed by atoms with Crippen LogP contribution < -0.4 is 8.92 Å². The lowest BCUT2D eigenvalue weighted by molar-refractivity contribution is -0.123. The third kappa shape index (κ3) is 6.10. The Kier molecular flexibility index (Phi) is 8.59. The molecule has 38 heavy (non-hydrogen) atoms. The standard InChI is InChI=1S/C25H17Cl3FNO6S2/c1-2-35-21-11-14(10-19(28)23(21)36-38(33,34)16-8-6-15(26)7-9-16)12-22-24(31)30(25(32)37-22)13-17-18(27)4-3-5-20(17)29/h3-12H,2,13H2,1H3/b22-12-. The van der Waals surface area contributed by atoms with E-state index in [1.165, 1.54) is 60.7 Å². The highest BCUT2D eigenvalue weighted by Gasteiger charge is 2.36. The van der Waals surface area contributed by atoms with Crippen molar-refractivity contribution < 1.29 is 31.3 Å². The van der Waals surface area contributed by atoms with Crippen molar-refractivity contribution in [1.29, 1.82) is 0 Å². The molecule has 1 saturated heterocycles. The fraction of sp³-hybridized carbons (Fsp3) is 0.120. The second-order valence-electron chi connectivity index (χ2n) is 7.72. The zero-order valence-electron chi connectivity index (χ0n) is 19.4. The number of hydrogen-bond donors (Lipinski definition) is 0. The number of benzene rings is 3. The summed E-state index contributed by atoms with van der Waals surface area (Å²) in [6.07, 6.45) is 1.39. The Morgan fingerprint density at radius 1 is 1.03 bits per heavy atom. The Bertz CT molecular complexity index is 1540. The summed E-state index contributed by atoms with van der Waals surface area (Å²) in [6, 6.07) is 12.2. The lowest BCUT2D eigenvalue weighted by Crippen LogP contribution is -2.28. The highest BCUT2D eigenvalue weighted by molar-refractivity contribution is 8.18. The first kappa shape index (κ1) is 28.3. The Balaban J connectivity index is 1.63. The second kappa shape index (κ2) is 11.5. The molecular weight excluding hydrogens is 600 g/mol. The van der Waals surface area contributed by atoms with Gasteiger partial charge in [0.1, 0.15) is 10.7 Å². The molecule has 4 rings (SSSR count). The van der Waals surface area contributed by atoms with E-state index in [1.807, 2.05) is 0 Å². The first-order chi connectivity index (χ1) is 18.0. The van der Waals surface area contributed by atoms with E-state index in [2.05, 4.69) is 0 Å². The number of imide groups is 1. The SMILES string of the molecule is CCOc1cc(/C=C2\SC(=O)N(Cc3c(F)cccc3Cl)C2=O)cc(Cl)c1OS(=O)(=O)c1ccc(Cl)cc1. The van der Waals surface area contributed by atoms with Crippen molar-refractivity contribution in [2.24, 2.45) is 0 Å². The van der Waals surface area contributed by atoms with Crippen molar-refractivity contribution in [3.05, 3.63) is 91.5 Å². The van der Waals surface area contributed by atoms with Crippen LogP contribution in [0.4, 0.5) is 9.18 Å². The van der Waals surface area contributed by atoms with E-state index in [0.29, 0.717) is 22.3 Å². The molecule has 13 heteroatoms. The number of ether oxygens (including phenoxy) is 1. The lowest BCUT2D eigenvalue weighted by atomic mass is 10.1. The minimum Gasteiger partial charge on any atom is -0.490 e. The molecule has 0 aromatic heterocycles. The largest absolute Gasteiger partial charge is 0.490 e. The van der Waals surface area contributed by atoms with Gasteiger partial charge in [0.2, 0.25) is 5.75 Å². The lowest BCUT2D eigenvalue weighted by Gasteiger charge is -2.15. The van der Waals surface area contributed by atoms with Gasteiger partial charge in [-0.25, -0.2) is 4.39 Å². The molecule has 1 aliphatic rings. The zero-order chi connectivity index (χ0) is 27.6. The highest BCUT2D eigenvalue weighted by Crippen LogP contribution is 2.41. The molecule has 2 amide bonds. The van der Waals surface area contributed by atoms with Crippen molar-refractivity contribution >= 4 is 73.9 Å². The summed E-state index contributed by atoms with van der Waals surface area (Å²) in [6.45, 7) is 1.49. The van der Waals surface area contributed by atoms with E-state index in [1.54, 1.807) is 6.92 Å². The highest BCUT2D eigenvalue weighted by atomic mass is 35.5. The maximum Gasteiger partial charge on any atom is 0.339 e. The number of nitrogens with zero attached hydrogens (tertiary/aromatic N) is 1. The predicted molar refractivity (Wildman–Crippen MR) is 145 cm³/mol. The maximum atomic E-state index is 14.2. The van der Waals surface area contributed by atoms with Gasteiger partial charge < -0.3 is 8.92 Å². The van der Waals surface area contributed by atoms with Crippen molar-refractivity contribution in [2.45, 2.75) is 18.4 Å². The molecule has 0 radical (unpaired) electrons. The molecule has 3 aromatic carbocycles. The summed E-state index contributed by atoms with van der Waals surface area (Å²) in [5, 5.41) is -0.282. The number of carbonyl (C=O) groups is 2. The molecule has 0 atom stereocenters. The van der Waals surface area contributed by atoms with Crippen LogP contribution in [0.25, 0.3) is 6.08 Å². The van der Waals surface area contributed by atoms with Gasteiger partial charge in [-0.2, -0.15) is 8.42 Å². The first-order valence-corrected chi connectivity index (χ1v) is 14.2. The van der Waals surface area contributed by atoms with E-state index in [9.17, 15) is 22.4 Å². The summed E-state index contributed by atoms with van der Waals surface area (Å²) < 4.78 is 50.6. The zero-order valence-corrected chi connectivity index (χ0v) is 23.3. The van der Waals surface area contributed by atoms with Gasteiger partial charge in [-0.3, -0.25) is 14.5 Å². The molecule has 198 valence electrons. The average molecular weight is 617 g/mol. The number of rotatable bonds is 8. The molecule has 0 spiro atoms. The van der Waals surface area contributed by atoms with Gasteiger partial charge in [-0.05, 0) is 78.9 Å². The van der Waals surface area contributed by atoms with E-state index in [0.717, 1.165) is 4.90 Å². The Morgan fingerprint density at radius 3 is 2.39 bits per heavy atom. The topological polar surface area (TPSA) is 90.0 Å². The van der Waals surface area contributed by atoms with Crippen LogP contribution in [0.1, 0.15) is 18.1 Å². The van der Waals surface area contributed by atoms with Crippen LogP contribution in [-0.2, 0) is 21.5 Å². The van der Waals surface area contributed by atoms with Crippen molar-refractivity contribution in [1.82, 2.24) is 4.90 Å². The van der Waals surface area contributed by atoms with Gasteiger partial charge in [-0.1, -0.05) is 40.9 Å². The minimum atomic E-state index is -4.28. The number of hydrogen-bond acceptors (Lipinski definition) is 7. The van der Waals surface area contributed by atoms with Crippen molar-refractivity contribution in [2.75, 3.05) is 6.61 Å². The molecule has 1 heterocycles. The average Bonchev–Trinajstić information content (AvgIpc) is 3.11. The molecule has 1 aliphatic heterocycles. The monoisotopic (exact) mass is 615 g/mol. The van der Waals surface area contributed by atoms with Gasteiger partial charge in [0.05, 0.1) is 23.1 Å². The molecule has 0 aliphatic carbocycles. The molecule has 0 bridgehead atoms. The van der Waals surface area contributed by atoms with Crippen molar-refractivity contribution in [3.8, 4) is 11.5 Å². The van der Waals surface area contributed by atoms with Crippen molar-refractivity contribution in [3.63, 3.8) is 0 Å². The van der Waals surface area contributed by atoms with E-state index >= 15 is 0 Å². The van der Waals surface area contributed by atoms with Gasteiger partial charge in [0.15, 0.2) is 5.75 Å². The van der Waals surface area contributed by atoms with E-state index < -0.39 is 27.1 Å². The quantitative estimate of drug-likeness (QED) is 0.195. The Morgan fingerprint density at radius 2 is 1.74 bits per heavy atom. The van der Waals surface area contributed by atoms with Gasteiger partial charge in [0.25, 0.3) is 11.1 Å². The molecule has 7 nitrogen and oxygen atoms in total. The third-order valence-electron chi connectivity index (χ3n) is 5.18. The summed E-state index contributed by atoms with van der Waals surface area (Å²) in [5.74, 6) is -1.54. The van der Waals surface area contributed by atoms with Gasteiger partial charge in [0, 0.05) is 15.6 Å². The predicted octanol–water partition coefficient (Wildman–Crippen LogP) is 7.19. The van der Waals surface area contributed by atoms with Crippen LogP contribution in [0.5, 0.6) is 11.5 Å². The number of thioether (sulfide) groups is 1. The van der Waals surface area contributed by atoms with Gasteiger partial charge in [-0.15, -0.1) is 0 Å². The van der Waals surface area contributed by atoms with Gasteiger partial charge >= 0.3 is 10.1 Å². The molecule has 1 fully saturated rings. The maximum absolute atomic E-state index is 14.2. The number of amides is 2. The third-order valence-corrected chi connectivity index (χ3v) is 8.21. The summed E-state index contributed by atoms with van der Waals surface area (Å²) >= 11 is 18.9. The first-order valence-electron chi connectivity index (χ1n) is 10.8. The summed E-state index contributed by atoms with van der Waals surface area (Å²) in [7, 11) is -4.28. The number of halogens is 4. The minimum absolute atomic E-state index is 0.00107. The Labute approximate surface area is 237 Å². The van der Waals surface area contributed by atoms with Crippen LogP contribution in [0.3, 0.4) is 0 Å².